The Kier molecular flexibility index (Phi) is 9.43. The molecule has 0 spiro atoms. The van der Waals surface area contributed by atoms with E-state index in [1.54, 1.807) is 0 Å². The lowest BCUT2D eigenvalue weighted by molar-refractivity contribution is -0.247. The summed E-state index contributed by atoms with van der Waals surface area (Å²) in [7, 11) is -11.1. The Labute approximate surface area is 229 Å². The van der Waals surface area contributed by atoms with Gasteiger partial charge in [-0.25, -0.2) is 24.1 Å². The molecule has 2 unspecified atom stereocenters. The van der Waals surface area contributed by atoms with Crippen molar-refractivity contribution in [2.45, 2.75) is 62.1 Å². The van der Waals surface area contributed by atoms with Gasteiger partial charge in [0.1, 0.15) is 54.5 Å². The van der Waals surface area contributed by atoms with Crippen molar-refractivity contribution in [1.82, 2.24) is 24.8 Å². The number of carbonyl (C=O) groups is 1. The van der Waals surface area contributed by atoms with Gasteiger partial charge >= 0.3 is 15.6 Å². The molecule has 2 aliphatic heterocycles. The number of nitrogen functional groups attached to an aromatic ring is 1. The number of anilines is 1. The zero-order valence-electron chi connectivity index (χ0n) is 20.9. The van der Waals surface area contributed by atoms with Crippen LogP contribution in [0, 0.1) is 0 Å². The maximum atomic E-state index is 12.5. The molecule has 0 radical (unpaired) electrons. The number of nitrogens with two attached hydrogens (primary N) is 1. The molecule has 41 heavy (non-hydrogen) atoms. The number of fused-ring (bicyclic) bond motifs is 1. The van der Waals surface area contributed by atoms with E-state index in [1.807, 2.05) is 0 Å². The number of imidazole rings is 1. The minimum Gasteiger partial charge on any atom is -0.394 e. The number of phosphoric acid groups is 2. The molecule has 0 aliphatic carbocycles. The Morgan fingerprint density at radius 1 is 1.05 bits per heavy atom. The highest BCUT2D eigenvalue weighted by Crippen LogP contribution is 2.61. The number of aromatic nitrogens is 4. The van der Waals surface area contributed by atoms with E-state index < -0.39 is 89.9 Å². The highest BCUT2D eigenvalue weighted by atomic mass is 31.3. The van der Waals surface area contributed by atoms with E-state index in [1.165, 1.54) is 10.9 Å². The number of nitrogens with one attached hydrogen (secondary N) is 1. The molecule has 2 aliphatic rings. The van der Waals surface area contributed by atoms with Crippen molar-refractivity contribution in [2.24, 2.45) is 0 Å². The number of carbonyl (C=O) groups excluding carboxylic acids is 1. The fourth-order valence-electron chi connectivity index (χ4n) is 4.19. The van der Waals surface area contributed by atoms with Gasteiger partial charge in [0.25, 0.3) is 0 Å². The van der Waals surface area contributed by atoms with Crippen molar-refractivity contribution >= 4 is 38.5 Å². The quantitative estimate of drug-likeness (QED) is 0.114. The summed E-state index contributed by atoms with van der Waals surface area (Å²) in [5.74, 6) is -0.740. The van der Waals surface area contributed by atoms with Crippen LogP contribution in [0.15, 0.2) is 12.7 Å². The Morgan fingerprint density at radius 3 is 2.39 bits per heavy atom. The number of aliphatic hydroxyl groups is 5. The molecule has 10 N–H and O–H groups in total. The van der Waals surface area contributed by atoms with Crippen LogP contribution >= 0.6 is 15.6 Å². The molecule has 4 heterocycles. The molecule has 4 rings (SSSR count). The number of amides is 1. The molecule has 2 fully saturated rings. The lowest BCUT2D eigenvalue weighted by Gasteiger charge is -2.42. The van der Waals surface area contributed by atoms with Crippen molar-refractivity contribution in [2.75, 3.05) is 18.9 Å². The Bertz CT molecular complexity index is 1350. The van der Waals surface area contributed by atoms with Gasteiger partial charge in [0.15, 0.2) is 24.0 Å². The van der Waals surface area contributed by atoms with E-state index in [0.29, 0.717) is 0 Å². The second-order valence-electron chi connectivity index (χ2n) is 8.98. The summed E-state index contributed by atoms with van der Waals surface area (Å²) < 4.78 is 50.5. The Hall–Kier alpha value is -2.20. The zero-order chi connectivity index (χ0) is 30.3. The molecule has 23 heteroatoms. The molecule has 0 bridgehead atoms. The van der Waals surface area contributed by atoms with Crippen LogP contribution in [0.3, 0.4) is 0 Å². The highest BCUT2D eigenvalue weighted by Gasteiger charge is 2.50. The molecule has 21 nitrogen and oxygen atoms in total. The minimum absolute atomic E-state index is 0.0373. The predicted octanol–water partition coefficient (Wildman–Crippen LogP) is -3.78. The molecule has 2 aromatic heterocycles. The van der Waals surface area contributed by atoms with Crippen LogP contribution in [0.5, 0.6) is 0 Å². The van der Waals surface area contributed by atoms with Crippen molar-refractivity contribution in [3.05, 3.63) is 12.7 Å². The fraction of sp³-hybridized carbons (Fsp3) is 0.667. The number of aliphatic hydroxyl groups excluding tert-OH is 5. The van der Waals surface area contributed by atoms with Crippen LogP contribution in [0.4, 0.5) is 5.82 Å². The van der Waals surface area contributed by atoms with Crippen molar-refractivity contribution in [3.63, 3.8) is 0 Å². The number of hydrogen-bond acceptors (Lipinski definition) is 17. The predicted molar refractivity (Wildman–Crippen MR) is 129 cm³/mol. The molecule has 2 aromatic rings. The van der Waals surface area contributed by atoms with Gasteiger partial charge in [-0.15, -0.1) is 0 Å². The SMILES string of the molecule is CC(=O)N[C@H]1[C@@H](OP(=O)(O)OP(=O)(O)OC[C@H]2O[C@@H](n3cnc4c(N)ncnc43)[C@H](O)[C@@H]2O)O[C@H](CO)[C@@H](O)[C@@H]1O. The average Bonchev–Trinajstić information content (AvgIpc) is 3.43. The second-order valence-corrected chi connectivity index (χ2v) is 12.0. The largest absolute Gasteiger partial charge is 0.483 e. The highest BCUT2D eigenvalue weighted by molar-refractivity contribution is 7.61. The molecule has 2 saturated heterocycles. The van der Waals surface area contributed by atoms with E-state index in [9.17, 15) is 49.2 Å². The maximum Gasteiger partial charge on any atom is 0.483 e. The molecular weight excluding hydrogens is 602 g/mol. The van der Waals surface area contributed by atoms with E-state index in [-0.39, 0.29) is 17.0 Å². The Morgan fingerprint density at radius 2 is 1.73 bits per heavy atom. The first-order valence-corrected chi connectivity index (χ1v) is 14.7. The summed E-state index contributed by atoms with van der Waals surface area (Å²) >= 11 is 0. The number of ether oxygens (including phenoxy) is 2. The third kappa shape index (κ3) is 6.90. The third-order valence-electron chi connectivity index (χ3n) is 6.09. The standard InChI is InChI=1S/C18H28N6O15P2/c1-6(26)23-9-13(29)11(27)7(2-25)37-18(9)38-41(33,34)39-40(31,32)35-3-8-12(28)14(30)17(36-8)24-5-22-10-15(19)20-4-21-16(10)24/h4-5,7-9,11-14,17-18,25,27-30H,2-3H2,1H3,(H,23,26)(H,31,32)(H,33,34)(H2,19,20,21)/t7-,8-,9-,11-,12-,13-,14-,17-,18-/m1/s1. The molecule has 230 valence electrons. The first-order valence-electron chi connectivity index (χ1n) is 11.7. The number of phosphoric ester groups is 2. The Balaban J connectivity index is 1.40. The van der Waals surface area contributed by atoms with Crippen LogP contribution in [0.2, 0.25) is 0 Å². The van der Waals surface area contributed by atoms with Gasteiger partial charge in [-0.1, -0.05) is 0 Å². The monoisotopic (exact) mass is 630 g/mol. The van der Waals surface area contributed by atoms with Gasteiger partial charge in [0, 0.05) is 6.92 Å². The van der Waals surface area contributed by atoms with Gasteiger partial charge < -0.3 is 55.8 Å². The van der Waals surface area contributed by atoms with Crippen LogP contribution in [0.1, 0.15) is 13.2 Å². The van der Waals surface area contributed by atoms with Crippen LogP contribution in [0.25, 0.3) is 11.2 Å². The second kappa shape index (κ2) is 12.2. The summed E-state index contributed by atoms with van der Waals surface area (Å²) in [6, 6.07) is -1.67. The maximum absolute atomic E-state index is 12.5. The number of nitrogens with zero attached hydrogens (tertiary/aromatic N) is 4. The topological polar surface area (TPSA) is 321 Å². The van der Waals surface area contributed by atoms with Crippen LogP contribution in [-0.2, 0) is 36.8 Å². The third-order valence-corrected chi connectivity index (χ3v) is 8.70. The van der Waals surface area contributed by atoms with Crippen molar-refractivity contribution in [1.29, 1.82) is 0 Å². The normalized spacial score (nSPS) is 35.2. The smallest absolute Gasteiger partial charge is 0.394 e. The minimum atomic E-state index is -5.60. The summed E-state index contributed by atoms with van der Waals surface area (Å²) in [6.45, 7) is -0.814. The first-order chi connectivity index (χ1) is 19.1. The van der Waals surface area contributed by atoms with Crippen LogP contribution in [-0.4, -0.2) is 123 Å². The lowest BCUT2D eigenvalue weighted by atomic mass is 9.97. The molecule has 1 amide bonds. The summed E-state index contributed by atoms with van der Waals surface area (Å²) in [4.78, 5) is 43.4. The van der Waals surface area contributed by atoms with Gasteiger partial charge in [-0.2, -0.15) is 4.31 Å². The van der Waals surface area contributed by atoms with E-state index >= 15 is 0 Å². The van der Waals surface area contributed by atoms with Crippen LogP contribution < -0.4 is 11.1 Å². The lowest BCUT2D eigenvalue weighted by Crippen LogP contribution is -2.64. The van der Waals surface area contributed by atoms with E-state index in [0.717, 1.165) is 13.3 Å². The first kappa shape index (κ1) is 31.7. The number of hydrogen-bond donors (Lipinski definition) is 9. The van der Waals surface area contributed by atoms with Crippen molar-refractivity contribution in [3.8, 4) is 0 Å². The van der Waals surface area contributed by atoms with Gasteiger partial charge in [0.05, 0.1) is 19.5 Å². The van der Waals surface area contributed by atoms with Crippen molar-refractivity contribution < 1.29 is 72.1 Å². The van der Waals surface area contributed by atoms with E-state index in [4.69, 9.17) is 19.7 Å². The zero-order valence-corrected chi connectivity index (χ0v) is 22.7. The summed E-state index contributed by atoms with van der Waals surface area (Å²) in [5.41, 5.74) is 6.06. The molecule has 0 aromatic carbocycles. The fourth-order valence-corrected chi connectivity index (χ4v) is 6.35. The summed E-state index contributed by atoms with van der Waals surface area (Å²) in [6.07, 6.45) is -10.9. The number of rotatable bonds is 10. The van der Waals surface area contributed by atoms with Gasteiger partial charge in [-0.3, -0.25) is 18.4 Å². The molecule has 0 saturated carbocycles. The summed E-state index contributed by atoms with van der Waals surface area (Å²) in [5, 5.41) is 52.6. The average molecular weight is 630 g/mol. The molecule has 11 atom stereocenters. The molecular formula is C18H28N6O15P2. The van der Waals surface area contributed by atoms with Gasteiger partial charge in [0.2, 0.25) is 5.91 Å². The van der Waals surface area contributed by atoms with E-state index in [2.05, 4.69) is 29.1 Å². The van der Waals surface area contributed by atoms with Gasteiger partial charge in [-0.05, 0) is 0 Å².